The van der Waals surface area contributed by atoms with E-state index in [1.54, 1.807) is 6.07 Å². The molecule has 0 aliphatic heterocycles. The van der Waals surface area contributed by atoms with Gasteiger partial charge in [-0.1, -0.05) is 0 Å². The molecule has 0 saturated heterocycles. The van der Waals surface area contributed by atoms with Crippen molar-refractivity contribution in [1.29, 1.82) is 0 Å². The standard InChI is InChI=1S/C14H13F2NO2S2/c15-11-2-1-10(5-12(11)16)21-8-14(19)17-6-13(18)9-3-4-20-7-9/h1-5,7,13,18H,6,8H2,(H,17,19). The molecule has 0 aliphatic rings. The summed E-state index contributed by atoms with van der Waals surface area (Å²) in [5.41, 5.74) is 0.758. The lowest BCUT2D eigenvalue weighted by molar-refractivity contribution is -0.119. The highest BCUT2D eigenvalue weighted by molar-refractivity contribution is 8.00. The van der Waals surface area contributed by atoms with Gasteiger partial charge in [0.25, 0.3) is 0 Å². The zero-order valence-corrected chi connectivity index (χ0v) is 12.5. The van der Waals surface area contributed by atoms with Gasteiger partial charge in [0, 0.05) is 11.4 Å². The number of hydrogen-bond donors (Lipinski definition) is 2. The van der Waals surface area contributed by atoms with Gasteiger partial charge in [-0.05, 0) is 40.6 Å². The van der Waals surface area contributed by atoms with Crippen molar-refractivity contribution in [2.75, 3.05) is 12.3 Å². The van der Waals surface area contributed by atoms with Crippen LogP contribution in [-0.2, 0) is 4.79 Å². The van der Waals surface area contributed by atoms with E-state index in [1.165, 1.54) is 17.4 Å². The van der Waals surface area contributed by atoms with Crippen LogP contribution in [-0.4, -0.2) is 23.3 Å². The summed E-state index contributed by atoms with van der Waals surface area (Å²) in [5, 5.41) is 16.1. The van der Waals surface area contributed by atoms with Crippen molar-refractivity contribution in [2.45, 2.75) is 11.0 Å². The fraction of sp³-hybridized carbons (Fsp3) is 0.214. The second-order valence-corrected chi connectivity index (χ2v) is 6.07. The molecule has 21 heavy (non-hydrogen) atoms. The first-order valence-corrected chi connectivity index (χ1v) is 8.04. The van der Waals surface area contributed by atoms with E-state index in [0.717, 1.165) is 29.5 Å². The number of carbonyl (C=O) groups excluding carboxylic acids is 1. The maximum atomic E-state index is 13.0. The van der Waals surface area contributed by atoms with Gasteiger partial charge in [0.05, 0.1) is 11.9 Å². The summed E-state index contributed by atoms with van der Waals surface area (Å²) in [6.07, 6.45) is -0.742. The monoisotopic (exact) mass is 329 g/mol. The smallest absolute Gasteiger partial charge is 0.230 e. The Hall–Kier alpha value is -1.44. The number of benzene rings is 1. The minimum atomic E-state index is -0.937. The molecule has 1 unspecified atom stereocenters. The Morgan fingerprint density at radius 2 is 2.14 bits per heavy atom. The molecular weight excluding hydrogens is 316 g/mol. The Balaban J connectivity index is 1.75. The van der Waals surface area contributed by atoms with Crippen molar-refractivity contribution in [3.8, 4) is 0 Å². The van der Waals surface area contributed by atoms with E-state index in [-0.39, 0.29) is 18.2 Å². The number of thiophene rings is 1. The molecule has 112 valence electrons. The molecule has 2 N–H and O–H groups in total. The first-order chi connectivity index (χ1) is 10.1. The third-order valence-electron chi connectivity index (χ3n) is 2.68. The van der Waals surface area contributed by atoms with Gasteiger partial charge in [0.1, 0.15) is 0 Å². The summed E-state index contributed by atoms with van der Waals surface area (Å²) in [7, 11) is 0. The van der Waals surface area contributed by atoms with Crippen LogP contribution < -0.4 is 5.32 Å². The van der Waals surface area contributed by atoms with Crippen LogP contribution in [0.2, 0.25) is 0 Å². The molecule has 1 heterocycles. The van der Waals surface area contributed by atoms with Gasteiger partial charge >= 0.3 is 0 Å². The average Bonchev–Trinajstić information content (AvgIpc) is 3.00. The van der Waals surface area contributed by atoms with Crippen molar-refractivity contribution in [3.05, 3.63) is 52.2 Å². The molecule has 0 fully saturated rings. The third-order valence-corrected chi connectivity index (χ3v) is 4.38. The quantitative estimate of drug-likeness (QED) is 0.801. The Morgan fingerprint density at radius 1 is 1.33 bits per heavy atom. The lowest BCUT2D eigenvalue weighted by Crippen LogP contribution is -2.29. The van der Waals surface area contributed by atoms with Crippen molar-refractivity contribution in [3.63, 3.8) is 0 Å². The number of thioether (sulfide) groups is 1. The van der Waals surface area contributed by atoms with Crippen LogP contribution in [0.3, 0.4) is 0 Å². The maximum absolute atomic E-state index is 13.0. The highest BCUT2D eigenvalue weighted by atomic mass is 32.2. The maximum Gasteiger partial charge on any atom is 0.230 e. The van der Waals surface area contributed by atoms with Gasteiger partial charge in [0.2, 0.25) is 5.91 Å². The molecule has 7 heteroatoms. The first kappa shape index (κ1) is 15.9. The number of aliphatic hydroxyl groups excluding tert-OH is 1. The van der Waals surface area contributed by atoms with Crippen LogP contribution in [0.15, 0.2) is 39.9 Å². The zero-order valence-electron chi connectivity index (χ0n) is 10.9. The van der Waals surface area contributed by atoms with E-state index in [4.69, 9.17) is 0 Å². The van der Waals surface area contributed by atoms with Crippen LogP contribution in [0, 0.1) is 11.6 Å². The molecule has 1 amide bonds. The topological polar surface area (TPSA) is 49.3 Å². The SMILES string of the molecule is O=C(CSc1ccc(F)c(F)c1)NCC(O)c1ccsc1. The van der Waals surface area contributed by atoms with Gasteiger partial charge in [-0.25, -0.2) is 8.78 Å². The Bertz CT molecular complexity index is 605. The molecular formula is C14H13F2NO2S2. The van der Waals surface area contributed by atoms with Crippen LogP contribution >= 0.6 is 23.1 Å². The molecule has 1 aromatic heterocycles. The Kier molecular flexibility index (Phi) is 5.72. The first-order valence-electron chi connectivity index (χ1n) is 6.11. The number of nitrogens with one attached hydrogen (secondary N) is 1. The van der Waals surface area contributed by atoms with E-state index in [0.29, 0.717) is 4.90 Å². The Labute approximate surface area is 129 Å². The van der Waals surface area contributed by atoms with Gasteiger partial charge in [-0.2, -0.15) is 11.3 Å². The minimum Gasteiger partial charge on any atom is -0.387 e. The van der Waals surface area contributed by atoms with E-state index >= 15 is 0 Å². The number of rotatable bonds is 6. The third kappa shape index (κ3) is 4.80. The zero-order chi connectivity index (χ0) is 15.2. The summed E-state index contributed by atoms with van der Waals surface area (Å²) < 4.78 is 25.7. The average molecular weight is 329 g/mol. The normalized spacial score (nSPS) is 12.1. The minimum absolute atomic E-state index is 0.0709. The number of hydrogen-bond acceptors (Lipinski definition) is 4. The molecule has 0 saturated carbocycles. The summed E-state index contributed by atoms with van der Waals surface area (Å²) in [5.74, 6) is -2.06. The molecule has 0 spiro atoms. The highest BCUT2D eigenvalue weighted by Gasteiger charge is 2.10. The largest absolute Gasteiger partial charge is 0.387 e. The van der Waals surface area contributed by atoms with E-state index in [2.05, 4.69) is 5.32 Å². The number of carbonyl (C=O) groups is 1. The molecule has 3 nitrogen and oxygen atoms in total. The predicted octanol–water partition coefficient (Wildman–Crippen LogP) is 2.97. The molecule has 0 radical (unpaired) electrons. The van der Waals surface area contributed by atoms with Crippen LogP contribution in [0.5, 0.6) is 0 Å². The molecule has 1 atom stereocenters. The van der Waals surface area contributed by atoms with Crippen molar-refractivity contribution in [2.24, 2.45) is 0 Å². The molecule has 1 aromatic carbocycles. The van der Waals surface area contributed by atoms with E-state index < -0.39 is 17.7 Å². The van der Waals surface area contributed by atoms with E-state index in [1.807, 2.05) is 10.8 Å². The lowest BCUT2D eigenvalue weighted by atomic mass is 10.2. The van der Waals surface area contributed by atoms with Gasteiger partial charge in [-0.3, -0.25) is 4.79 Å². The van der Waals surface area contributed by atoms with Crippen LogP contribution in [0.1, 0.15) is 11.7 Å². The second kappa shape index (κ2) is 7.53. The predicted molar refractivity (Wildman–Crippen MR) is 79.4 cm³/mol. The van der Waals surface area contributed by atoms with Gasteiger partial charge in [0.15, 0.2) is 11.6 Å². The summed E-state index contributed by atoms with van der Waals surface area (Å²) >= 11 is 2.57. The Morgan fingerprint density at radius 3 is 2.81 bits per heavy atom. The number of halogens is 2. The molecule has 2 aromatic rings. The highest BCUT2D eigenvalue weighted by Crippen LogP contribution is 2.20. The molecule has 0 aliphatic carbocycles. The lowest BCUT2D eigenvalue weighted by Gasteiger charge is -2.10. The number of aliphatic hydroxyl groups is 1. The van der Waals surface area contributed by atoms with Crippen LogP contribution in [0.25, 0.3) is 0 Å². The fourth-order valence-electron chi connectivity index (χ4n) is 1.56. The van der Waals surface area contributed by atoms with Gasteiger partial charge < -0.3 is 10.4 Å². The molecule has 2 rings (SSSR count). The fourth-order valence-corrected chi connectivity index (χ4v) is 3.02. The molecule has 0 bridgehead atoms. The van der Waals surface area contributed by atoms with Gasteiger partial charge in [-0.15, -0.1) is 11.8 Å². The number of amides is 1. The summed E-state index contributed by atoms with van der Waals surface area (Å²) in [6, 6.07) is 5.28. The summed E-state index contributed by atoms with van der Waals surface area (Å²) in [6.45, 7) is 0.119. The van der Waals surface area contributed by atoms with Crippen LogP contribution in [0.4, 0.5) is 8.78 Å². The van der Waals surface area contributed by atoms with Crippen molar-refractivity contribution >= 4 is 29.0 Å². The summed E-state index contributed by atoms with van der Waals surface area (Å²) in [4.78, 5) is 12.1. The second-order valence-electron chi connectivity index (χ2n) is 4.24. The van der Waals surface area contributed by atoms with Crippen molar-refractivity contribution < 1.29 is 18.7 Å². The van der Waals surface area contributed by atoms with E-state index in [9.17, 15) is 18.7 Å². The van der Waals surface area contributed by atoms with Crippen molar-refractivity contribution in [1.82, 2.24) is 5.32 Å².